The molecule has 0 aliphatic carbocycles. The molecule has 3 aromatic rings. The third-order valence-corrected chi connectivity index (χ3v) is 3.79. The number of carbonyl (C=O) groups excluding carboxylic acids is 1. The van der Waals surface area contributed by atoms with Gasteiger partial charge in [0.05, 0.1) is 0 Å². The maximum atomic E-state index is 11.8. The highest BCUT2D eigenvalue weighted by Gasteiger charge is 2.04. The van der Waals surface area contributed by atoms with Gasteiger partial charge in [0.1, 0.15) is 5.75 Å². The van der Waals surface area contributed by atoms with Crippen molar-refractivity contribution in [3.63, 3.8) is 0 Å². The molecular weight excluding hydrogens is 312 g/mol. The van der Waals surface area contributed by atoms with Crippen LogP contribution < -0.4 is 10.1 Å². The van der Waals surface area contributed by atoms with Crippen LogP contribution in [0.4, 0.5) is 0 Å². The van der Waals surface area contributed by atoms with E-state index >= 15 is 0 Å². The molecule has 0 aliphatic rings. The summed E-state index contributed by atoms with van der Waals surface area (Å²) in [5.41, 5.74) is 1.17. The summed E-state index contributed by atoms with van der Waals surface area (Å²) in [6.45, 7) is 1.27. The van der Waals surface area contributed by atoms with Gasteiger partial charge in [-0.3, -0.25) is 4.79 Å². The summed E-state index contributed by atoms with van der Waals surface area (Å²) < 4.78 is 7.52. The zero-order valence-corrected chi connectivity index (χ0v) is 13.3. The number of amides is 1. The Labute approximate surface area is 139 Å². The minimum absolute atomic E-state index is 0.00589. The van der Waals surface area contributed by atoms with Crippen LogP contribution in [0.5, 0.6) is 5.75 Å². The summed E-state index contributed by atoms with van der Waals surface area (Å²) in [4.78, 5) is 11.8. The van der Waals surface area contributed by atoms with Crippen LogP contribution in [0.25, 0.3) is 10.9 Å². The zero-order chi connectivity index (χ0) is 16.1. The van der Waals surface area contributed by atoms with E-state index in [0.29, 0.717) is 17.3 Å². The number of nitrogens with zero attached hydrogens (tertiary/aromatic N) is 1. The van der Waals surface area contributed by atoms with E-state index in [9.17, 15) is 4.79 Å². The Bertz CT molecular complexity index is 796. The van der Waals surface area contributed by atoms with Crippen LogP contribution in [0.3, 0.4) is 0 Å². The molecule has 4 nitrogen and oxygen atoms in total. The monoisotopic (exact) mass is 328 g/mol. The van der Waals surface area contributed by atoms with Crippen LogP contribution in [0, 0.1) is 0 Å². The number of fused-ring (bicyclic) bond motifs is 1. The van der Waals surface area contributed by atoms with Gasteiger partial charge in [0, 0.05) is 29.8 Å². The molecule has 1 amide bonds. The van der Waals surface area contributed by atoms with Gasteiger partial charge in [-0.1, -0.05) is 29.8 Å². The highest BCUT2D eigenvalue weighted by atomic mass is 35.5. The van der Waals surface area contributed by atoms with E-state index in [1.54, 1.807) is 24.3 Å². The van der Waals surface area contributed by atoms with E-state index in [-0.39, 0.29) is 12.5 Å². The van der Waals surface area contributed by atoms with Gasteiger partial charge in [-0.25, -0.2) is 0 Å². The molecule has 1 heterocycles. The minimum Gasteiger partial charge on any atom is -0.484 e. The molecule has 1 aromatic heterocycles. The molecular formula is C18H17ClN2O2. The first-order valence-corrected chi connectivity index (χ1v) is 7.79. The molecule has 0 saturated heterocycles. The molecule has 0 bridgehead atoms. The lowest BCUT2D eigenvalue weighted by Crippen LogP contribution is -2.31. The molecule has 0 atom stereocenters. The SMILES string of the molecule is O=C(COc1ccc(Cl)cc1)NCCn1ccc2ccccc21. The molecule has 118 valence electrons. The summed E-state index contributed by atoms with van der Waals surface area (Å²) in [5.74, 6) is 0.484. The molecule has 0 fully saturated rings. The lowest BCUT2D eigenvalue weighted by atomic mass is 10.2. The van der Waals surface area contributed by atoms with Crippen LogP contribution in [0.15, 0.2) is 60.8 Å². The fourth-order valence-corrected chi connectivity index (χ4v) is 2.51. The standard InChI is InChI=1S/C18H17ClN2O2/c19-15-5-7-16(8-6-15)23-13-18(22)20-10-12-21-11-9-14-3-1-2-4-17(14)21/h1-9,11H,10,12-13H2,(H,20,22). The van der Waals surface area contributed by atoms with Crippen molar-refractivity contribution in [1.29, 1.82) is 0 Å². The quantitative estimate of drug-likeness (QED) is 0.752. The Morgan fingerprint density at radius 3 is 2.70 bits per heavy atom. The van der Waals surface area contributed by atoms with Crippen molar-refractivity contribution in [2.75, 3.05) is 13.2 Å². The smallest absolute Gasteiger partial charge is 0.258 e. The molecule has 0 unspecified atom stereocenters. The number of hydrogen-bond acceptors (Lipinski definition) is 2. The Balaban J connectivity index is 1.45. The van der Waals surface area contributed by atoms with Crippen molar-refractivity contribution >= 4 is 28.4 Å². The number of nitrogens with one attached hydrogen (secondary N) is 1. The van der Waals surface area contributed by atoms with Crippen molar-refractivity contribution in [3.8, 4) is 5.75 Å². The van der Waals surface area contributed by atoms with Crippen molar-refractivity contribution < 1.29 is 9.53 Å². The summed E-state index contributed by atoms with van der Waals surface area (Å²) >= 11 is 5.80. The first-order chi connectivity index (χ1) is 11.2. The van der Waals surface area contributed by atoms with Crippen molar-refractivity contribution in [2.24, 2.45) is 0 Å². The van der Waals surface area contributed by atoms with Crippen LogP contribution in [-0.2, 0) is 11.3 Å². The van der Waals surface area contributed by atoms with E-state index in [1.807, 2.05) is 18.3 Å². The molecule has 0 aliphatic heterocycles. The Kier molecular flexibility index (Phi) is 4.83. The van der Waals surface area contributed by atoms with Crippen molar-refractivity contribution in [1.82, 2.24) is 9.88 Å². The first kappa shape index (κ1) is 15.4. The first-order valence-electron chi connectivity index (χ1n) is 7.41. The van der Waals surface area contributed by atoms with Gasteiger partial charge in [0.15, 0.2) is 6.61 Å². The summed E-state index contributed by atoms with van der Waals surface area (Å²) in [6, 6.07) is 17.2. The van der Waals surface area contributed by atoms with Gasteiger partial charge in [0.25, 0.3) is 5.91 Å². The average Bonchev–Trinajstić information content (AvgIpc) is 2.98. The minimum atomic E-state index is -0.142. The van der Waals surface area contributed by atoms with Gasteiger partial charge < -0.3 is 14.6 Å². The zero-order valence-electron chi connectivity index (χ0n) is 12.5. The van der Waals surface area contributed by atoms with Gasteiger partial charge in [-0.05, 0) is 41.8 Å². The molecule has 23 heavy (non-hydrogen) atoms. The topological polar surface area (TPSA) is 43.3 Å². The fourth-order valence-electron chi connectivity index (χ4n) is 2.38. The highest BCUT2D eigenvalue weighted by Crippen LogP contribution is 2.15. The molecule has 0 saturated carbocycles. The number of carbonyl (C=O) groups is 1. The second-order valence-corrected chi connectivity index (χ2v) is 5.60. The van der Waals surface area contributed by atoms with E-state index in [4.69, 9.17) is 16.3 Å². The Morgan fingerprint density at radius 2 is 1.87 bits per heavy atom. The molecule has 2 aromatic carbocycles. The van der Waals surface area contributed by atoms with Crippen molar-refractivity contribution in [3.05, 3.63) is 65.8 Å². The van der Waals surface area contributed by atoms with Gasteiger partial charge in [-0.2, -0.15) is 0 Å². The molecule has 0 spiro atoms. The second-order valence-electron chi connectivity index (χ2n) is 5.16. The second kappa shape index (κ2) is 7.20. The third kappa shape index (κ3) is 4.05. The molecule has 1 N–H and O–H groups in total. The van der Waals surface area contributed by atoms with Crippen LogP contribution >= 0.6 is 11.6 Å². The number of para-hydroxylation sites is 1. The van der Waals surface area contributed by atoms with Crippen LogP contribution in [0.1, 0.15) is 0 Å². The van der Waals surface area contributed by atoms with Crippen LogP contribution in [-0.4, -0.2) is 23.6 Å². The number of benzene rings is 2. The highest BCUT2D eigenvalue weighted by molar-refractivity contribution is 6.30. The van der Waals surface area contributed by atoms with E-state index in [1.165, 1.54) is 10.9 Å². The summed E-state index contributed by atoms with van der Waals surface area (Å²) in [6.07, 6.45) is 2.03. The fraction of sp³-hybridized carbons (Fsp3) is 0.167. The summed E-state index contributed by atoms with van der Waals surface area (Å²) in [7, 11) is 0. The molecule has 3 rings (SSSR count). The van der Waals surface area contributed by atoms with Gasteiger partial charge >= 0.3 is 0 Å². The van der Waals surface area contributed by atoms with E-state index in [2.05, 4.69) is 28.1 Å². The number of hydrogen-bond donors (Lipinski definition) is 1. The molecule has 5 heteroatoms. The Hall–Kier alpha value is -2.46. The maximum Gasteiger partial charge on any atom is 0.258 e. The normalized spacial score (nSPS) is 10.7. The number of rotatable bonds is 6. The predicted molar refractivity (Wildman–Crippen MR) is 91.9 cm³/mol. The lowest BCUT2D eigenvalue weighted by Gasteiger charge is -2.09. The number of aromatic nitrogens is 1. The maximum absolute atomic E-state index is 11.8. The van der Waals surface area contributed by atoms with Gasteiger partial charge in [0.2, 0.25) is 0 Å². The van der Waals surface area contributed by atoms with Crippen molar-refractivity contribution in [2.45, 2.75) is 6.54 Å². The van der Waals surface area contributed by atoms with Gasteiger partial charge in [-0.15, -0.1) is 0 Å². The predicted octanol–water partition coefficient (Wildman–Crippen LogP) is 3.49. The summed E-state index contributed by atoms with van der Waals surface area (Å²) in [5, 5.41) is 4.69. The Morgan fingerprint density at radius 1 is 1.09 bits per heavy atom. The van der Waals surface area contributed by atoms with Crippen LogP contribution in [0.2, 0.25) is 5.02 Å². The average molecular weight is 329 g/mol. The van der Waals surface area contributed by atoms with E-state index < -0.39 is 0 Å². The third-order valence-electron chi connectivity index (χ3n) is 3.54. The lowest BCUT2D eigenvalue weighted by molar-refractivity contribution is -0.123. The number of ether oxygens (including phenoxy) is 1. The molecule has 0 radical (unpaired) electrons. The number of halogens is 1. The largest absolute Gasteiger partial charge is 0.484 e. The van der Waals surface area contributed by atoms with E-state index in [0.717, 1.165) is 6.54 Å².